The first-order chi connectivity index (χ1) is 17.9. The average molecular weight is 506 g/mol. The second-order valence-corrected chi connectivity index (χ2v) is 9.35. The Morgan fingerprint density at radius 1 is 1.14 bits per heavy atom. The SMILES string of the molecule is CCC1CCCC(Nc2ccc(-c3nnn(C)c3COC(=O)N(C)Cc3ccccc3)cc2)C1.O=C=O. The van der Waals surface area contributed by atoms with Crippen LogP contribution in [0.25, 0.3) is 11.3 Å². The lowest BCUT2D eigenvalue weighted by atomic mass is 9.84. The molecule has 2 aromatic carbocycles. The number of nitrogens with zero attached hydrogens (tertiary/aromatic N) is 4. The van der Waals surface area contributed by atoms with E-state index in [0.29, 0.717) is 12.6 Å². The standard InChI is InChI=1S/C27H35N5O2.CO2/c1-4-20-11-8-12-24(17-20)28-23-15-13-22(14-16-23)26-25(32(3)30-29-26)19-34-27(33)31(2)18-21-9-6-5-7-10-21;2-1-3/h5-7,9-10,13-16,20,24,28H,4,8,11-12,17-19H2,1-3H3;. The topological polar surface area (TPSA) is 106 Å². The predicted octanol–water partition coefficient (Wildman–Crippen LogP) is 5.05. The fourth-order valence-electron chi connectivity index (χ4n) is 4.68. The van der Waals surface area contributed by atoms with Crippen molar-refractivity contribution in [3.8, 4) is 11.3 Å². The summed E-state index contributed by atoms with van der Waals surface area (Å²) in [5.41, 5.74) is 4.64. The van der Waals surface area contributed by atoms with Crippen LogP contribution in [0, 0.1) is 5.92 Å². The Bertz CT molecular complexity index is 1160. The maximum Gasteiger partial charge on any atom is 0.410 e. The van der Waals surface area contributed by atoms with Crippen molar-refractivity contribution in [1.29, 1.82) is 0 Å². The number of hydrogen-bond acceptors (Lipinski definition) is 7. The molecular formula is C28H35N5O4. The molecule has 1 heterocycles. The predicted molar refractivity (Wildman–Crippen MR) is 139 cm³/mol. The van der Waals surface area contributed by atoms with Gasteiger partial charge in [0.2, 0.25) is 0 Å². The zero-order valence-electron chi connectivity index (χ0n) is 21.7. The van der Waals surface area contributed by atoms with Gasteiger partial charge in [-0.15, -0.1) is 5.10 Å². The summed E-state index contributed by atoms with van der Waals surface area (Å²) in [6.45, 7) is 2.89. The number of ether oxygens (including phenoxy) is 1. The van der Waals surface area contributed by atoms with Crippen molar-refractivity contribution in [2.75, 3.05) is 12.4 Å². The van der Waals surface area contributed by atoms with E-state index in [1.165, 1.54) is 32.1 Å². The smallest absolute Gasteiger partial charge is 0.410 e. The van der Waals surface area contributed by atoms with E-state index in [2.05, 4.69) is 46.8 Å². The summed E-state index contributed by atoms with van der Waals surface area (Å²) in [5.74, 6) is 0.835. The molecule has 2 atom stereocenters. The maximum absolute atomic E-state index is 12.5. The first-order valence-electron chi connectivity index (χ1n) is 12.6. The molecule has 37 heavy (non-hydrogen) atoms. The quantitative estimate of drug-likeness (QED) is 0.457. The minimum atomic E-state index is -0.381. The van der Waals surface area contributed by atoms with Gasteiger partial charge < -0.3 is 15.0 Å². The number of benzene rings is 2. The Morgan fingerprint density at radius 3 is 2.51 bits per heavy atom. The molecule has 9 nitrogen and oxygen atoms in total. The summed E-state index contributed by atoms with van der Waals surface area (Å²) in [4.78, 5) is 30.3. The Labute approximate surface area is 217 Å². The van der Waals surface area contributed by atoms with Crippen molar-refractivity contribution in [1.82, 2.24) is 19.9 Å². The van der Waals surface area contributed by atoms with Crippen molar-refractivity contribution < 1.29 is 19.1 Å². The normalized spacial score (nSPS) is 16.6. The number of carbonyl (C=O) groups excluding carboxylic acids is 3. The largest absolute Gasteiger partial charge is 0.443 e. The number of nitrogens with one attached hydrogen (secondary N) is 1. The summed E-state index contributed by atoms with van der Waals surface area (Å²) < 4.78 is 7.25. The molecule has 4 rings (SSSR count). The number of aromatic nitrogens is 3. The lowest BCUT2D eigenvalue weighted by Crippen LogP contribution is -2.27. The molecule has 0 bridgehead atoms. The van der Waals surface area contributed by atoms with Crippen LogP contribution < -0.4 is 5.32 Å². The van der Waals surface area contributed by atoms with Gasteiger partial charge in [-0.05, 0) is 36.5 Å². The van der Waals surface area contributed by atoms with E-state index in [4.69, 9.17) is 14.3 Å². The molecule has 1 aliphatic carbocycles. The van der Waals surface area contributed by atoms with Crippen molar-refractivity contribution in [3.05, 3.63) is 65.9 Å². The zero-order chi connectivity index (χ0) is 26.6. The zero-order valence-corrected chi connectivity index (χ0v) is 21.7. The number of carbonyl (C=O) groups is 1. The van der Waals surface area contributed by atoms with Crippen LogP contribution in [0.4, 0.5) is 10.5 Å². The highest BCUT2D eigenvalue weighted by Crippen LogP contribution is 2.29. The second-order valence-electron chi connectivity index (χ2n) is 9.35. The fourth-order valence-corrected chi connectivity index (χ4v) is 4.68. The van der Waals surface area contributed by atoms with E-state index in [1.807, 2.05) is 37.4 Å². The number of aryl methyl sites for hydroxylation is 1. The van der Waals surface area contributed by atoms with Gasteiger partial charge in [0, 0.05) is 37.9 Å². The molecule has 0 aliphatic heterocycles. The first-order valence-corrected chi connectivity index (χ1v) is 12.6. The minimum absolute atomic E-state index is 0.108. The number of rotatable bonds is 8. The molecule has 196 valence electrons. The Morgan fingerprint density at radius 2 is 1.84 bits per heavy atom. The Hall–Kier alpha value is -3.97. The third kappa shape index (κ3) is 8.02. The van der Waals surface area contributed by atoms with Gasteiger partial charge in [-0.1, -0.05) is 73.9 Å². The second kappa shape index (κ2) is 13.9. The van der Waals surface area contributed by atoms with Crippen LogP contribution in [0.3, 0.4) is 0 Å². The summed E-state index contributed by atoms with van der Waals surface area (Å²) >= 11 is 0. The highest BCUT2D eigenvalue weighted by Gasteiger charge is 2.21. The van der Waals surface area contributed by atoms with Gasteiger partial charge in [0.1, 0.15) is 18.0 Å². The van der Waals surface area contributed by atoms with Gasteiger partial charge in [-0.25, -0.2) is 9.48 Å². The molecule has 1 aliphatic rings. The van der Waals surface area contributed by atoms with E-state index in [-0.39, 0.29) is 18.9 Å². The molecule has 1 saturated carbocycles. The third-order valence-corrected chi connectivity index (χ3v) is 6.74. The molecule has 1 fully saturated rings. The Balaban J connectivity index is 0.00000121. The van der Waals surface area contributed by atoms with E-state index < -0.39 is 0 Å². The molecule has 1 N–H and O–H groups in total. The lowest BCUT2D eigenvalue weighted by molar-refractivity contribution is -0.191. The third-order valence-electron chi connectivity index (χ3n) is 6.74. The van der Waals surface area contributed by atoms with Crippen LogP contribution in [0.15, 0.2) is 54.6 Å². The van der Waals surface area contributed by atoms with E-state index in [0.717, 1.165) is 34.1 Å². The number of anilines is 1. The van der Waals surface area contributed by atoms with Crippen LogP contribution in [0.1, 0.15) is 50.3 Å². The summed E-state index contributed by atoms with van der Waals surface area (Å²) in [7, 11) is 3.55. The monoisotopic (exact) mass is 505 g/mol. The maximum atomic E-state index is 12.5. The van der Waals surface area contributed by atoms with Crippen LogP contribution in [-0.2, 0) is 34.5 Å². The van der Waals surface area contributed by atoms with Crippen LogP contribution in [0.2, 0.25) is 0 Å². The summed E-state index contributed by atoms with van der Waals surface area (Å²) in [5, 5.41) is 12.2. The molecule has 1 aromatic heterocycles. The van der Waals surface area contributed by atoms with Gasteiger partial charge >= 0.3 is 12.2 Å². The van der Waals surface area contributed by atoms with Gasteiger partial charge in [0.15, 0.2) is 0 Å². The van der Waals surface area contributed by atoms with Gasteiger partial charge in [-0.2, -0.15) is 9.59 Å². The van der Waals surface area contributed by atoms with Gasteiger partial charge in [0.25, 0.3) is 0 Å². The fraction of sp³-hybridized carbons (Fsp3) is 0.429. The molecular weight excluding hydrogens is 470 g/mol. The molecule has 1 amide bonds. The van der Waals surface area contributed by atoms with Gasteiger partial charge in [0.05, 0.1) is 0 Å². The molecule has 3 aromatic rings. The van der Waals surface area contributed by atoms with Crippen molar-refractivity contribution in [3.63, 3.8) is 0 Å². The first kappa shape index (κ1) is 27.6. The van der Waals surface area contributed by atoms with Crippen molar-refractivity contribution in [2.45, 2.75) is 58.2 Å². The van der Waals surface area contributed by atoms with Crippen LogP contribution in [0.5, 0.6) is 0 Å². The average Bonchev–Trinajstić information content (AvgIpc) is 3.28. The lowest BCUT2D eigenvalue weighted by Gasteiger charge is -2.29. The minimum Gasteiger partial charge on any atom is -0.443 e. The van der Waals surface area contributed by atoms with E-state index >= 15 is 0 Å². The highest BCUT2D eigenvalue weighted by molar-refractivity contribution is 5.68. The summed E-state index contributed by atoms with van der Waals surface area (Å²) in [6.07, 6.45) is 6.27. The van der Waals surface area contributed by atoms with Crippen molar-refractivity contribution >= 4 is 17.9 Å². The van der Waals surface area contributed by atoms with Crippen molar-refractivity contribution in [2.24, 2.45) is 13.0 Å². The van der Waals surface area contributed by atoms with Crippen LogP contribution >= 0.6 is 0 Å². The molecule has 0 radical (unpaired) electrons. The molecule has 0 spiro atoms. The molecule has 0 saturated heterocycles. The number of amides is 1. The number of hydrogen-bond donors (Lipinski definition) is 1. The highest BCUT2D eigenvalue weighted by atomic mass is 16.6. The van der Waals surface area contributed by atoms with E-state index in [9.17, 15) is 4.79 Å². The van der Waals surface area contributed by atoms with Gasteiger partial charge in [-0.3, -0.25) is 0 Å². The summed E-state index contributed by atoms with van der Waals surface area (Å²) in [6, 6.07) is 18.7. The molecule has 2 unspecified atom stereocenters. The molecule has 9 heteroatoms. The Kier molecular flexibility index (Phi) is 10.4. The van der Waals surface area contributed by atoms with E-state index in [1.54, 1.807) is 16.6 Å². The van der Waals surface area contributed by atoms with Crippen LogP contribution in [-0.4, -0.2) is 45.2 Å².